The van der Waals surface area contributed by atoms with E-state index in [1.165, 1.54) is 0 Å². The van der Waals surface area contributed by atoms with E-state index >= 15 is 0 Å². The summed E-state index contributed by atoms with van der Waals surface area (Å²) >= 11 is 0. The molecule has 0 aromatic heterocycles. The number of amides is 1. The molecular formula is C14H22N2O2. The topological polar surface area (TPSA) is 66.6 Å². The fourth-order valence-corrected chi connectivity index (χ4v) is 1.92. The quantitative estimate of drug-likeness (QED) is 0.751. The Hall–Kier alpha value is -1.55. The zero-order valence-corrected chi connectivity index (χ0v) is 11.1. The van der Waals surface area contributed by atoms with Gasteiger partial charge in [0.1, 0.15) is 0 Å². The van der Waals surface area contributed by atoms with Crippen LogP contribution in [0.1, 0.15) is 25.8 Å². The van der Waals surface area contributed by atoms with Gasteiger partial charge in [0, 0.05) is 24.7 Å². The van der Waals surface area contributed by atoms with Crippen LogP contribution in [0.2, 0.25) is 0 Å². The van der Waals surface area contributed by atoms with Crippen LogP contribution in [-0.2, 0) is 11.2 Å². The standard InChI is InChI=1S/C14H22N2O2/c1-11(2)16(8-9-17)14(18)7-6-12-4-3-5-13(15)10-12/h3-5,10-11,17H,6-9,15H2,1-2H3. The Bertz CT molecular complexity index is 391. The summed E-state index contributed by atoms with van der Waals surface area (Å²) in [6.45, 7) is 4.30. The number of nitrogens with zero attached hydrogens (tertiary/aromatic N) is 1. The minimum absolute atomic E-state index is 0.00219. The minimum atomic E-state index is 0.00219. The number of anilines is 1. The number of rotatable bonds is 6. The van der Waals surface area contributed by atoms with Gasteiger partial charge in [0.15, 0.2) is 0 Å². The van der Waals surface area contributed by atoms with Gasteiger partial charge in [-0.2, -0.15) is 0 Å². The van der Waals surface area contributed by atoms with Gasteiger partial charge in [-0.1, -0.05) is 12.1 Å². The molecule has 0 saturated heterocycles. The summed E-state index contributed by atoms with van der Waals surface area (Å²) in [6.07, 6.45) is 1.13. The first-order valence-corrected chi connectivity index (χ1v) is 6.29. The van der Waals surface area contributed by atoms with Crippen molar-refractivity contribution in [3.63, 3.8) is 0 Å². The van der Waals surface area contributed by atoms with Gasteiger partial charge in [0.2, 0.25) is 5.91 Å². The molecule has 1 aromatic carbocycles. The van der Waals surface area contributed by atoms with E-state index < -0.39 is 0 Å². The molecule has 3 N–H and O–H groups in total. The Labute approximate surface area is 108 Å². The summed E-state index contributed by atoms with van der Waals surface area (Å²) < 4.78 is 0. The molecular weight excluding hydrogens is 228 g/mol. The first kappa shape index (κ1) is 14.5. The lowest BCUT2D eigenvalue weighted by Crippen LogP contribution is -2.39. The molecule has 0 saturated carbocycles. The summed E-state index contributed by atoms with van der Waals surface area (Å²) in [5, 5.41) is 8.95. The minimum Gasteiger partial charge on any atom is -0.399 e. The van der Waals surface area contributed by atoms with Crippen LogP contribution < -0.4 is 5.73 Å². The molecule has 0 bridgehead atoms. The maximum Gasteiger partial charge on any atom is 0.223 e. The van der Waals surface area contributed by atoms with Crippen molar-refractivity contribution in [2.45, 2.75) is 32.7 Å². The first-order valence-electron chi connectivity index (χ1n) is 6.29. The van der Waals surface area contributed by atoms with Crippen LogP contribution in [0, 0.1) is 0 Å². The van der Waals surface area contributed by atoms with Crippen LogP contribution in [0.5, 0.6) is 0 Å². The first-order chi connectivity index (χ1) is 8.54. The van der Waals surface area contributed by atoms with Gasteiger partial charge in [-0.05, 0) is 38.0 Å². The number of carbonyl (C=O) groups is 1. The molecule has 4 heteroatoms. The van der Waals surface area contributed by atoms with Gasteiger partial charge in [0.05, 0.1) is 6.61 Å². The van der Waals surface area contributed by atoms with Crippen molar-refractivity contribution in [1.82, 2.24) is 4.90 Å². The molecule has 1 aromatic rings. The maximum atomic E-state index is 12.0. The molecule has 4 nitrogen and oxygen atoms in total. The van der Waals surface area contributed by atoms with E-state index in [0.29, 0.717) is 19.4 Å². The molecule has 100 valence electrons. The van der Waals surface area contributed by atoms with Gasteiger partial charge in [-0.25, -0.2) is 0 Å². The van der Waals surface area contributed by atoms with Crippen molar-refractivity contribution in [3.05, 3.63) is 29.8 Å². The Morgan fingerprint density at radius 3 is 2.72 bits per heavy atom. The third-order valence-corrected chi connectivity index (χ3v) is 2.86. The fourth-order valence-electron chi connectivity index (χ4n) is 1.92. The molecule has 0 aliphatic rings. The summed E-state index contributed by atoms with van der Waals surface area (Å²) in [5.41, 5.74) is 7.48. The number of aliphatic hydroxyl groups excluding tert-OH is 1. The Morgan fingerprint density at radius 2 is 2.17 bits per heavy atom. The van der Waals surface area contributed by atoms with E-state index in [2.05, 4.69) is 0 Å². The Balaban J connectivity index is 2.54. The average molecular weight is 250 g/mol. The Kier molecular flexibility index (Phi) is 5.65. The van der Waals surface area contributed by atoms with E-state index in [1.54, 1.807) is 4.90 Å². The number of aliphatic hydroxyl groups is 1. The lowest BCUT2D eigenvalue weighted by Gasteiger charge is -2.26. The van der Waals surface area contributed by atoms with Crippen LogP contribution in [0.25, 0.3) is 0 Å². The van der Waals surface area contributed by atoms with Crippen molar-refractivity contribution < 1.29 is 9.90 Å². The van der Waals surface area contributed by atoms with Gasteiger partial charge < -0.3 is 15.7 Å². The summed E-state index contributed by atoms with van der Waals surface area (Å²) in [6, 6.07) is 7.69. The molecule has 0 heterocycles. The van der Waals surface area contributed by atoms with Crippen LogP contribution in [0.4, 0.5) is 5.69 Å². The molecule has 18 heavy (non-hydrogen) atoms. The highest BCUT2D eigenvalue weighted by molar-refractivity contribution is 5.76. The van der Waals surface area contributed by atoms with Gasteiger partial charge in [-0.3, -0.25) is 4.79 Å². The average Bonchev–Trinajstić information content (AvgIpc) is 2.32. The molecule has 0 atom stereocenters. The molecule has 0 spiro atoms. The van der Waals surface area contributed by atoms with Gasteiger partial charge in [-0.15, -0.1) is 0 Å². The van der Waals surface area contributed by atoms with Crippen molar-refractivity contribution in [3.8, 4) is 0 Å². The van der Waals surface area contributed by atoms with Crippen molar-refractivity contribution in [1.29, 1.82) is 0 Å². The normalized spacial score (nSPS) is 10.7. The zero-order chi connectivity index (χ0) is 13.5. The highest BCUT2D eigenvalue weighted by Crippen LogP contribution is 2.10. The lowest BCUT2D eigenvalue weighted by molar-refractivity contribution is -0.133. The summed E-state index contributed by atoms with van der Waals surface area (Å²) in [4.78, 5) is 13.7. The third-order valence-electron chi connectivity index (χ3n) is 2.86. The fraction of sp³-hybridized carbons (Fsp3) is 0.500. The van der Waals surface area contributed by atoms with Crippen LogP contribution in [0.15, 0.2) is 24.3 Å². The number of benzene rings is 1. The second-order valence-corrected chi connectivity index (χ2v) is 4.65. The van der Waals surface area contributed by atoms with Crippen LogP contribution in [-0.4, -0.2) is 35.1 Å². The highest BCUT2D eigenvalue weighted by atomic mass is 16.3. The number of carbonyl (C=O) groups excluding carboxylic acids is 1. The van der Waals surface area contributed by atoms with Crippen molar-refractivity contribution >= 4 is 11.6 Å². The highest BCUT2D eigenvalue weighted by Gasteiger charge is 2.15. The van der Waals surface area contributed by atoms with Crippen LogP contribution in [0.3, 0.4) is 0 Å². The SMILES string of the molecule is CC(C)N(CCO)C(=O)CCc1cccc(N)c1. The van der Waals surface area contributed by atoms with Crippen molar-refractivity contribution in [2.75, 3.05) is 18.9 Å². The monoisotopic (exact) mass is 250 g/mol. The van der Waals surface area contributed by atoms with Crippen LogP contribution >= 0.6 is 0 Å². The largest absolute Gasteiger partial charge is 0.399 e. The third kappa shape index (κ3) is 4.37. The smallest absolute Gasteiger partial charge is 0.223 e. The van der Waals surface area contributed by atoms with Gasteiger partial charge in [0.25, 0.3) is 0 Å². The van der Waals surface area contributed by atoms with E-state index in [4.69, 9.17) is 10.8 Å². The molecule has 1 amide bonds. The lowest BCUT2D eigenvalue weighted by atomic mass is 10.1. The molecule has 0 unspecified atom stereocenters. The van der Waals surface area contributed by atoms with E-state index in [1.807, 2.05) is 38.1 Å². The van der Waals surface area contributed by atoms with Gasteiger partial charge >= 0.3 is 0 Å². The molecule has 0 radical (unpaired) electrons. The summed E-state index contributed by atoms with van der Waals surface area (Å²) in [7, 11) is 0. The van der Waals surface area contributed by atoms with E-state index in [9.17, 15) is 4.79 Å². The van der Waals surface area contributed by atoms with E-state index in [-0.39, 0.29) is 18.6 Å². The molecule has 1 rings (SSSR count). The zero-order valence-electron chi connectivity index (χ0n) is 11.1. The number of hydrogen-bond donors (Lipinski definition) is 2. The number of nitrogen functional groups attached to an aromatic ring is 1. The second kappa shape index (κ2) is 7.01. The predicted octanol–water partition coefficient (Wildman–Crippen LogP) is 1.43. The molecule has 0 fully saturated rings. The second-order valence-electron chi connectivity index (χ2n) is 4.65. The Morgan fingerprint density at radius 1 is 1.44 bits per heavy atom. The van der Waals surface area contributed by atoms with E-state index in [0.717, 1.165) is 11.3 Å². The number of aryl methyl sites for hydroxylation is 1. The number of hydrogen-bond acceptors (Lipinski definition) is 3. The molecule has 0 aliphatic carbocycles. The summed E-state index contributed by atoms with van der Waals surface area (Å²) in [5.74, 6) is 0.0708. The maximum absolute atomic E-state index is 12.0. The number of nitrogens with two attached hydrogens (primary N) is 1. The van der Waals surface area contributed by atoms with Crippen molar-refractivity contribution in [2.24, 2.45) is 0 Å². The molecule has 0 aliphatic heterocycles. The predicted molar refractivity (Wildman–Crippen MR) is 73.1 cm³/mol.